The highest BCUT2D eigenvalue weighted by Crippen LogP contribution is 2.43. The van der Waals surface area contributed by atoms with Gasteiger partial charge in [-0.2, -0.15) is 0 Å². The molecule has 3 aliphatic rings. The Balaban J connectivity index is 0.000000588. The molecule has 0 bridgehead atoms. The molecule has 1 saturated carbocycles. The van der Waals surface area contributed by atoms with E-state index in [9.17, 15) is 19.2 Å². The lowest BCUT2D eigenvalue weighted by Crippen LogP contribution is -2.53. The second kappa shape index (κ2) is 17.8. The molecule has 2 aliphatic heterocycles. The number of anilines is 2. The standard InChI is InChI=1S/C30H43N3O7.C9H20O/c1-19(34)20-15-21(18-31(17-20)28(37)40-29(2,3)4)26(35)33(22-9-10-22)23-11-12-25-24(16-23)32(13-8-14-38-7)27(36)30(5,6)39-25;1-8(2)7-9(3)5-6-10-4/h11-12,16,20-22H,8-10,13-15,17-18H2,1-7H3;8-9H,5-7H2,1-4H3. The summed E-state index contributed by atoms with van der Waals surface area (Å²) < 4.78 is 21.8. The number of rotatable bonds is 13. The van der Waals surface area contributed by atoms with Gasteiger partial charge in [0.1, 0.15) is 17.1 Å². The van der Waals surface area contributed by atoms with E-state index in [0.29, 0.717) is 43.1 Å². The minimum atomic E-state index is -1.01. The number of fused-ring (bicyclic) bond motifs is 1. The molecule has 0 radical (unpaired) electrons. The van der Waals surface area contributed by atoms with Crippen molar-refractivity contribution in [2.24, 2.45) is 23.7 Å². The van der Waals surface area contributed by atoms with Crippen LogP contribution in [0.5, 0.6) is 5.75 Å². The fraction of sp³-hybridized carbons (Fsp3) is 0.744. The van der Waals surface area contributed by atoms with Crippen LogP contribution in [0.2, 0.25) is 0 Å². The zero-order valence-corrected chi connectivity index (χ0v) is 32.5. The fourth-order valence-corrected chi connectivity index (χ4v) is 6.63. The molecular formula is C39H63N3O8. The monoisotopic (exact) mass is 701 g/mol. The van der Waals surface area contributed by atoms with E-state index in [1.165, 1.54) is 24.7 Å². The highest BCUT2D eigenvalue weighted by molar-refractivity contribution is 6.04. The summed E-state index contributed by atoms with van der Waals surface area (Å²) in [5, 5.41) is 0. The molecule has 11 heteroatoms. The van der Waals surface area contributed by atoms with Gasteiger partial charge in [0.2, 0.25) is 5.91 Å². The van der Waals surface area contributed by atoms with E-state index in [-0.39, 0.29) is 36.7 Å². The number of Topliss-reactive ketones (excluding diaryl/α,β-unsaturated/α-hetero) is 1. The molecule has 11 nitrogen and oxygen atoms in total. The Kier molecular flexibility index (Phi) is 14.7. The Morgan fingerprint density at radius 1 is 1.02 bits per heavy atom. The van der Waals surface area contributed by atoms with Crippen LogP contribution in [-0.2, 0) is 28.6 Å². The summed E-state index contributed by atoms with van der Waals surface area (Å²) in [6.45, 7) is 19.5. The molecule has 2 fully saturated rings. The molecular weight excluding hydrogens is 638 g/mol. The number of likely N-dealkylation sites (tertiary alicyclic amines) is 1. The van der Waals surface area contributed by atoms with Gasteiger partial charge in [0.15, 0.2) is 5.60 Å². The van der Waals surface area contributed by atoms with E-state index >= 15 is 0 Å². The summed E-state index contributed by atoms with van der Waals surface area (Å²) >= 11 is 0. The highest BCUT2D eigenvalue weighted by Gasteiger charge is 2.44. The predicted octanol–water partition coefficient (Wildman–Crippen LogP) is 6.89. The minimum Gasteiger partial charge on any atom is -0.476 e. The largest absolute Gasteiger partial charge is 0.476 e. The normalized spacial score (nSPS) is 20.7. The van der Waals surface area contributed by atoms with Gasteiger partial charge in [-0.25, -0.2) is 4.79 Å². The minimum absolute atomic E-state index is 0.0248. The maximum Gasteiger partial charge on any atom is 0.410 e. The fourth-order valence-electron chi connectivity index (χ4n) is 6.63. The third kappa shape index (κ3) is 11.7. The number of amides is 3. The first-order valence-corrected chi connectivity index (χ1v) is 18.3. The molecule has 3 amide bonds. The number of ketones is 1. The average Bonchev–Trinajstić information content (AvgIpc) is 3.86. The second-order valence-electron chi connectivity index (χ2n) is 16.1. The molecule has 50 heavy (non-hydrogen) atoms. The van der Waals surface area contributed by atoms with Crippen LogP contribution in [0.4, 0.5) is 16.2 Å². The van der Waals surface area contributed by atoms with Gasteiger partial charge in [0.25, 0.3) is 5.91 Å². The third-order valence-corrected chi connectivity index (χ3v) is 9.23. The van der Waals surface area contributed by atoms with Crippen molar-refractivity contribution in [3.8, 4) is 5.75 Å². The first-order valence-electron chi connectivity index (χ1n) is 18.3. The molecule has 3 unspecified atom stereocenters. The van der Waals surface area contributed by atoms with Crippen LogP contribution in [0.3, 0.4) is 0 Å². The molecule has 2 heterocycles. The Labute approximate surface area is 300 Å². The molecule has 0 aromatic heterocycles. The van der Waals surface area contributed by atoms with Crippen LogP contribution in [0.15, 0.2) is 18.2 Å². The van der Waals surface area contributed by atoms with E-state index in [4.69, 9.17) is 18.9 Å². The molecule has 1 aromatic carbocycles. The molecule has 282 valence electrons. The number of carbonyl (C=O) groups is 4. The first-order chi connectivity index (χ1) is 23.4. The van der Waals surface area contributed by atoms with Gasteiger partial charge in [-0.1, -0.05) is 20.8 Å². The Hall–Kier alpha value is -3.18. The van der Waals surface area contributed by atoms with Crippen LogP contribution in [-0.4, -0.2) is 92.9 Å². The molecule has 0 N–H and O–H groups in total. The van der Waals surface area contributed by atoms with Crippen LogP contribution in [0, 0.1) is 23.7 Å². The summed E-state index contributed by atoms with van der Waals surface area (Å²) in [7, 11) is 3.39. The molecule has 0 spiro atoms. The lowest BCUT2D eigenvalue weighted by atomic mass is 9.86. The van der Waals surface area contributed by atoms with E-state index < -0.39 is 29.1 Å². The number of hydrogen-bond acceptors (Lipinski definition) is 8. The number of hydrogen-bond donors (Lipinski definition) is 0. The Bertz CT molecular complexity index is 1320. The number of carbonyl (C=O) groups excluding carboxylic acids is 4. The van der Waals surface area contributed by atoms with Crippen molar-refractivity contribution >= 4 is 35.1 Å². The lowest BCUT2D eigenvalue weighted by Gasteiger charge is -2.40. The third-order valence-electron chi connectivity index (χ3n) is 9.23. The van der Waals surface area contributed by atoms with Gasteiger partial charge in [-0.15, -0.1) is 0 Å². The van der Waals surface area contributed by atoms with Gasteiger partial charge in [-0.05, 0) is 110 Å². The van der Waals surface area contributed by atoms with Gasteiger partial charge < -0.3 is 33.6 Å². The van der Waals surface area contributed by atoms with Gasteiger partial charge >= 0.3 is 6.09 Å². The summed E-state index contributed by atoms with van der Waals surface area (Å²) in [5.41, 5.74) is -0.404. The number of benzene rings is 1. The lowest BCUT2D eigenvalue weighted by molar-refractivity contribution is -0.132. The van der Waals surface area contributed by atoms with Crippen LogP contribution in [0.1, 0.15) is 101 Å². The maximum absolute atomic E-state index is 14.1. The number of nitrogens with zero attached hydrogens (tertiary/aromatic N) is 3. The van der Waals surface area contributed by atoms with Crippen LogP contribution >= 0.6 is 0 Å². The summed E-state index contributed by atoms with van der Waals surface area (Å²) in [5.74, 6) is 0.901. The topological polar surface area (TPSA) is 115 Å². The smallest absolute Gasteiger partial charge is 0.410 e. The first kappa shape index (κ1) is 41.2. The SMILES string of the molecule is COCCC(C)CC(C)C.COCCCN1C(=O)C(C)(C)Oc2ccc(N(C(=O)C3CC(C(C)=O)CN(C(=O)OC(C)(C)C)C3)C3CC3)cc21. The Morgan fingerprint density at radius 2 is 1.66 bits per heavy atom. The van der Waals surface area contributed by atoms with Crippen molar-refractivity contribution in [1.82, 2.24) is 4.90 Å². The van der Waals surface area contributed by atoms with E-state index in [0.717, 1.165) is 31.3 Å². The number of ether oxygens (including phenoxy) is 4. The average molecular weight is 702 g/mol. The second-order valence-corrected chi connectivity index (χ2v) is 16.1. The van der Waals surface area contributed by atoms with E-state index in [2.05, 4.69) is 20.8 Å². The van der Waals surface area contributed by atoms with Crippen LogP contribution < -0.4 is 14.5 Å². The van der Waals surface area contributed by atoms with Crippen molar-refractivity contribution in [1.29, 1.82) is 0 Å². The van der Waals surface area contributed by atoms with E-state index in [1.54, 1.807) is 58.6 Å². The molecule has 1 aliphatic carbocycles. The van der Waals surface area contributed by atoms with Crippen molar-refractivity contribution in [2.75, 3.05) is 56.9 Å². The zero-order valence-electron chi connectivity index (χ0n) is 32.5. The molecule has 1 saturated heterocycles. The Morgan fingerprint density at radius 3 is 2.22 bits per heavy atom. The summed E-state index contributed by atoms with van der Waals surface area (Å²) in [4.78, 5) is 57.8. The van der Waals surface area contributed by atoms with Crippen LogP contribution in [0.25, 0.3) is 0 Å². The van der Waals surface area contributed by atoms with Crippen molar-refractivity contribution < 1.29 is 38.1 Å². The van der Waals surface area contributed by atoms with Gasteiger partial charge in [0.05, 0.1) is 11.6 Å². The molecule has 1 aromatic rings. The van der Waals surface area contributed by atoms with Crippen molar-refractivity contribution in [3.05, 3.63) is 18.2 Å². The molecule has 4 rings (SSSR count). The van der Waals surface area contributed by atoms with Crippen molar-refractivity contribution in [2.45, 2.75) is 118 Å². The summed E-state index contributed by atoms with van der Waals surface area (Å²) in [6, 6.07) is 5.54. The van der Waals surface area contributed by atoms with Gasteiger partial charge in [-0.3, -0.25) is 14.4 Å². The van der Waals surface area contributed by atoms with Crippen molar-refractivity contribution in [3.63, 3.8) is 0 Å². The predicted molar refractivity (Wildman–Crippen MR) is 196 cm³/mol. The molecule has 3 atom stereocenters. The maximum atomic E-state index is 14.1. The quantitative estimate of drug-likeness (QED) is 0.204. The highest BCUT2D eigenvalue weighted by atomic mass is 16.6. The zero-order chi connectivity index (χ0) is 37.4. The van der Waals surface area contributed by atoms with Gasteiger partial charge in [0, 0.05) is 64.7 Å². The van der Waals surface area contributed by atoms with E-state index in [1.807, 2.05) is 18.2 Å². The number of methoxy groups -OCH3 is 2. The summed E-state index contributed by atoms with van der Waals surface area (Å²) in [6.07, 6.45) is 4.76. The number of piperidine rings is 1.